The second kappa shape index (κ2) is 3.19. The predicted octanol–water partition coefficient (Wildman–Crippen LogP) is 1.34. The first kappa shape index (κ1) is 10.5. The third-order valence-corrected chi connectivity index (χ3v) is 4.51. The summed E-state index contributed by atoms with van der Waals surface area (Å²) in [6.45, 7) is 1.31. The zero-order valence-corrected chi connectivity index (χ0v) is 9.37. The van der Waals surface area contributed by atoms with Gasteiger partial charge in [-0.2, -0.15) is 5.26 Å². The summed E-state index contributed by atoms with van der Waals surface area (Å²) in [6, 6.07) is 2.31. The van der Waals surface area contributed by atoms with Gasteiger partial charge in [-0.1, -0.05) is 0 Å². The first-order chi connectivity index (χ1) is 7.64. The number of ether oxygens (including phenoxy) is 2. The van der Waals surface area contributed by atoms with Crippen LogP contribution >= 0.6 is 0 Å². The molecule has 0 aromatic carbocycles. The summed E-state index contributed by atoms with van der Waals surface area (Å²) in [6.07, 6.45) is 4.37. The van der Waals surface area contributed by atoms with E-state index in [1.165, 1.54) is 0 Å². The first-order valence-corrected chi connectivity index (χ1v) is 6.05. The molecular formula is C12H17NO3. The Kier molecular flexibility index (Phi) is 2.10. The molecule has 3 rings (SSSR count). The third-order valence-electron chi connectivity index (χ3n) is 4.51. The molecule has 0 atom stereocenters. The fraction of sp³-hybridized carbons (Fsp3) is 0.917. The van der Waals surface area contributed by atoms with Gasteiger partial charge in [0, 0.05) is 12.8 Å². The number of nitrogens with zero attached hydrogens (tertiary/aromatic N) is 1. The van der Waals surface area contributed by atoms with Crippen molar-refractivity contribution in [2.45, 2.75) is 49.9 Å². The average molecular weight is 223 g/mol. The van der Waals surface area contributed by atoms with E-state index < -0.39 is 16.8 Å². The van der Waals surface area contributed by atoms with Gasteiger partial charge in [-0.15, -0.1) is 0 Å². The number of hydrogen-bond acceptors (Lipinski definition) is 4. The van der Waals surface area contributed by atoms with Crippen LogP contribution < -0.4 is 0 Å². The minimum absolute atomic E-state index is 0.447. The average Bonchev–Trinajstić information content (AvgIpc) is 3.00. The molecule has 0 unspecified atom stereocenters. The Morgan fingerprint density at radius 2 is 1.50 bits per heavy atom. The van der Waals surface area contributed by atoms with Crippen molar-refractivity contribution in [1.29, 1.82) is 5.26 Å². The minimum Gasteiger partial charge on any atom is -0.388 e. The van der Waals surface area contributed by atoms with Crippen molar-refractivity contribution in [2.24, 2.45) is 5.41 Å². The first-order valence-electron chi connectivity index (χ1n) is 6.05. The van der Waals surface area contributed by atoms with Crippen LogP contribution in [-0.2, 0) is 9.47 Å². The van der Waals surface area contributed by atoms with Crippen LogP contribution in [-0.4, -0.2) is 29.7 Å². The molecule has 0 amide bonds. The zero-order valence-electron chi connectivity index (χ0n) is 9.37. The fourth-order valence-electron chi connectivity index (χ4n) is 3.11. The second-order valence-electron chi connectivity index (χ2n) is 5.33. The highest BCUT2D eigenvalue weighted by Gasteiger charge is 2.62. The Morgan fingerprint density at radius 1 is 0.938 bits per heavy atom. The Labute approximate surface area is 95.2 Å². The Bertz CT molecular complexity index is 327. The van der Waals surface area contributed by atoms with Crippen molar-refractivity contribution in [1.82, 2.24) is 0 Å². The summed E-state index contributed by atoms with van der Waals surface area (Å²) in [7, 11) is 0. The van der Waals surface area contributed by atoms with Gasteiger partial charge in [-0.05, 0) is 25.7 Å². The van der Waals surface area contributed by atoms with E-state index in [-0.39, 0.29) is 0 Å². The van der Waals surface area contributed by atoms with Gasteiger partial charge >= 0.3 is 0 Å². The maximum Gasteiger partial charge on any atom is 0.168 e. The summed E-state index contributed by atoms with van der Waals surface area (Å²) >= 11 is 0. The topological polar surface area (TPSA) is 62.5 Å². The van der Waals surface area contributed by atoms with Gasteiger partial charge in [0.15, 0.2) is 5.79 Å². The van der Waals surface area contributed by atoms with Crippen molar-refractivity contribution in [3.8, 4) is 6.07 Å². The number of rotatable bonds is 1. The van der Waals surface area contributed by atoms with Gasteiger partial charge in [0.1, 0.15) is 0 Å². The summed E-state index contributed by atoms with van der Waals surface area (Å²) in [5, 5.41) is 19.7. The van der Waals surface area contributed by atoms with E-state index in [9.17, 15) is 5.11 Å². The van der Waals surface area contributed by atoms with E-state index in [1.54, 1.807) is 0 Å². The Balaban J connectivity index is 1.72. The van der Waals surface area contributed by atoms with Gasteiger partial charge in [0.2, 0.25) is 0 Å². The largest absolute Gasteiger partial charge is 0.388 e. The van der Waals surface area contributed by atoms with Crippen LogP contribution in [0, 0.1) is 16.7 Å². The molecule has 16 heavy (non-hydrogen) atoms. The number of aliphatic hydroxyl groups is 1. The molecule has 1 saturated heterocycles. The van der Waals surface area contributed by atoms with Gasteiger partial charge < -0.3 is 14.6 Å². The molecule has 4 nitrogen and oxygen atoms in total. The van der Waals surface area contributed by atoms with Crippen molar-refractivity contribution < 1.29 is 14.6 Å². The highest BCUT2D eigenvalue weighted by atomic mass is 16.7. The standard InChI is InChI=1S/C12H17NO3/c13-9-10(1-2-10)11(14)3-5-12(6-4-11)15-7-8-16-12/h14H,1-8H2. The molecule has 2 aliphatic carbocycles. The molecule has 88 valence electrons. The lowest BCUT2D eigenvalue weighted by Crippen LogP contribution is -2.48. The molecule has 0 aromatic heterocycles. The Morgan fingerprint density at radius 3 is 1.94 bits per heavy atom. The van der Waals surface area contributed by atoms with Crippen molar-refractivity contribution in [2.75, 3.05) is 13.2 Å². The van der Waals surface area contributed by atoms with Gasteiger partial charge in [-0.25, -0.2) is 0 Å². The maximum atomic E-state index is 10.6. The van der Waals surface area contributed by atoms with Crippen LogP contribution in [0.4, 0.5) is 0 Å². The van der Waals surface area contributed by atoms with E-state index in [4.69, 9.17) is 14.7 Å². The molecule has 0 bridgehead atoms. The molecule has 1 spiro atoms. The minimum atomic E-state index is -0.803. The molecule has 0 aromatic rings. The number of hydrogen-bond donors (Lipinski definition) is 1. The molecule has 0 radical (unpaired) electrons. The van der Waals surface area contributed by atoms with Crippen LogP contribution in [0.1, 0.15) is 38.5 Å². The number of nitriles is 1. The smallest absolute Gasteiger partial charge is 0.168 e. The third kappa shape index (κ3) is 1.32. The summed E-state index contributed by atoms with van der Waals surface area (Å²) < 4.78 is 11.3. The predicted molar refractivity (Wildman–Crippen MR) is 55.3 cm³/mol. The van der Waals surface area contributed by atoms with E-state index in [1.807, 2.05) is 0 Å². The molecule has 1 aliphatic heterocycles. The maximum absolute atomic E-state index is 10.6. The van der Waals surface area contributed by atoms with E-state index in [2.05, 4.69) is 6.07 Å². The highest BCUT2D eigenvalue weighted by Crippen LogP contribution is 2.59. The van der Waals surface area contributed by atoms with Crippen molar-refractivity contribution >= 4 is 0 Å². The van der Waals surface area contributed by atoms with E-state index in [0.29, 0.717) is 38.9 Å². The van der Waals surface area contributed by atoms with E-state index in [0.717, 1.165) is 12.8 Å². The summed E-state index contributed by atoms with van der Waals surface area (Å²) in [4.78, 5) is 0. The van der Waals surface area contributed by atoms with Gasteiger partial charge in [0.05, 0.1) is 30.3 Å². The SMILES string of the molecule is N#CC1(C2(O)CCC3(CC2)OCCO3)CC1. The van der Waals surface area contributed by atoms with Crippen LogP contribution in [0.3, 0.4) is 0 Å². The zero-order chi connectivity index (χ0) is 11.3. The molecule has 3 aliphatic rings. The van der Waals surface area contributed by atoms with Crippen LogP contribution in [0.5, 0.6) is 0 Å². The molecule has 1 N–H and O–H groups in total. The highest BCUT2D eigenvalue weighted by molar-refractivity contribution is 5.21. The molecule has 1 heterocycles. The van der Waals surface area contributed by atoms with Gasteiger partial charge in [0.25, 0.3) is 0 Å². The van der Waals surface area contributed by atoms with E-state index >= 15 is 0 Å². The van der Waals surface area contributed by atoms with Crippen LogP contribution in [0.2, 0.25) is 0 Å². The Hall–Kier alpha value is -0.630. The normalized spacial score (nSPS) is 33.5. The fourth-order valence-corrected chi connectivity index (χ4v) is 3.11. The molecule has 2 saturated carbocycles. The lowest BCUT2D eigenvalue weighted by atomic mass is 9.72. The van der Waals surface area contributed by atoms with Crippen LogP contribution in [0.15, 0.2) is 0 Å². The summed E-state index contributed by atoms with van der Waals surface area (Å²) in [5.74, 6) is -0.447. The second-order valence-corrected chi connectivity index (χ2v) is 5.33. The monoisotopic (exact) mass is 223 g/mol. The van der Waals surface area contributed by atoms with Crippen molar-refractivity contribution in [3.05, 3.63) is 0 Å². The molecular weight excluding hydrogens is 206 g/mol. The van der Waals surface area contributed by atoms with Crippen molar-refractivity contribution in [3.63, 3.8) is 0 Å². The molecule has 4 heteroatoms. The molecule has 3 fully saturated rings. The van der Waals surface area contributed by atoms with Crippen LogP contribution in [0.25, 0.3) is 0 Å². The lowest BCUT2D eigenvalue weighted by Gasteiger charge is -2.42. The van der Waals surface area contributed by atoms with Gasteiger partial charge in [-0.3, -0.25) is 0 Å². The lowest BCUT2D eigenvalue weighted by molar-refractivity contribution is -0.209. The quantitative estimate of drug-likeness (QED) is 0.728. The summed E-state index contributed by atoms with van der Waals surface area (Å²) in [5.41, 5.74) is -1.27.